The topological polar surface area (TPSA) is 70.8 Å². The quantitative estimate of drug-likeness (QED) is 0.694. The van der Waals surface area contributed by atoms with Crippen LogP contribution in [0.3, 0.4) is 0 Å². The smallest absolute Gasteiger partial charge is 0.328 e. The maximum atomic E-state index is 12.1. The lowest BCUT2D eigenvalue weighted by atomic mass is 10.0. The molecule has 0 bridgehead atoms. The van der Waals surface area contributed by atoms with Crippen LogP contribution in [0.15, 0.2) is 18.2 Å². The first kappa shape index (κ1) is 15.3. The lowest BCUT2D eigenvalue weighted by Gasteiger charge is -2.19. The minimum absolute atomic E-state index is 0.306. The zero-order chi connectivity index (χ0) is 15.6. The molecule has 1 aromatic heterocycles. The minimum atomic E-state index is -0.495. The van der Waals surface area contributed by atoms with Crippen molar-refractivity contribution in [1.29, 1.82) is 5.26 Å². The third-order valence-electron chi connectivity index (χ3n) is 3.33. The van der Waals surface area contributed by atoms with Gasteiger partial charge < -0.3 is 14.3 Å². The second-order valence-corrected chi connectivity index (χ2v) is 5.70. The molecule has 1 unspecified atom stereocenters. The van der Waals surface area contributed by atoms with E-state index in [1.54, 1.807) is 22.8 Å². The van der Waals surface area contributed by atoms with E-state index >= 15 is 0 Å². The van der Waals surface area contributed by atoms with Gasteiger partial charge in [-0.3, -0.25) is 0 Å². The number of imidazole rings is 1. The van der Waals surface area contributed by atoms with Crippen molar-refractivity contribution in [2.75, 3.05) is 7.11 Å². The molecule has 110 valence electrons. The van der Waals surface area contributed by atoms with E-state index in [1.807, 2.05) is 13.8 Å². The lowest BCUT2D eigenvalue weighted by molar-refractivity contribution is -0.145. The molecular weight excluding hydrogens is 286 g/mol. The SMILES string of the molecule is COC(=O)C(CC(C)C)n1c(=S)[nH]c2ccc(C#N)cc21. The van der Waals surface area contributed by atoms with Crippen molar-refractivity contribution in [2.24, 2.45) is 5.92 Å². The van der Waals surface area contributed by atoms with Crippen molar-refractivity contribution in [3.8, 4) is 6.07 Å². The number of aromatic amines is 1. The van der Waals surface area contributed by atoms with Crippen molar-refractivity contribution >= 4 is 29.2 Å². The molecule has 0 fully saturated rings. The van der Waals surface area contributed by atoms with Crippen LogP contribution in [0.4, 0.5) is 0 Å². The Morgan fingerprint density at radius 1 is 1.52 bits per heavy atom. The van der Waals surface area contributed by atoms with Crippen LogP contribution in [0, 0.1) is 22.0 Å². The zero-order valence-electron chi connectivity index (χ0n) is 12.2. The van der Waals surface area contributed by atoms with E-state index in [9.17, 15) is 4.79 Å². The van der Waals surface area contributed by atoms with E-state index in [0.29, 0.717) is 22.7 Å². The van der Waals surface area contributed by atoms with Crippen LogP contribution < -0.4 is 0 Å². The van der Waals surface area contributed by atoms with Crippen molar-refractivity contribution in [1.82, 2.24) is 9.55 Å². The first-order valence-corrected chi connectivity index (χ1v) is 7.11. The maximum absolute atomic E-state index is 12.1. The molecule has 0 radical (unpaired) electrons. The van der Waals surface area contributed by atoms with Gasteiger partial charge in [0.25, 0.3) is 0 Å². The number of carbonyl (C=O) groups excluding carboxylic acids is 1. The van der Waals surface area contributed by atoms with E-state index in [0.717, 1.165) is 11.0 Å². The number of rotatable bonds is 4. The van der Waals surface area contributed by atoms with Gasteiger partial charge in [-0.2, -0.15) is 5.26 Å². The summed E-state index contributed by atoms with van der Waals surface area (Å²) in [6.07, 6.45) is 0.616. The third-order valence-corrected chi connectivity index (χ3v) is 3.63. The molecule has 0 aliphatic carbocycles. The lowest BCUT2D eigenvalue weighted by Crippen LogP contribution is -2.22. The summed E-state index contributed by atoms with van der Waals surface area (Å²) in [4.78, 5) is 15.2. The predicted molar refractivity (Wildman–Crippen MR) is 82.3 cm³/mol. The summed E-state index contributed by atoms with van der Waals surface area (Å²) in [5.41, 5.74) is 2.07. The number of nitrogens with one attached hydrogen (secondary N) is 1. The summed E-state index contributed by atoms with van der Waals surface area (Å²) in [6, 6.07) is 6.85. The number of hydrogen-bond acceptors (Lipinski definition) is 4. The van der Waals surface area contributed by atoms with Gasteiger partial charge in [0.1, 0.15) is 6.04 Å². The molecule has 1 heterocycles. The number of fused-ring (bicyclic) bond motifs is 1. The second kappa shape index (κ2) is 6.10. The fraction of sp³-hybridized carbons (Fsp3) is 0.400. The van der Waals surface area contributed by atoms with Gasteiger partial charge in [0.05, 0.1) is 29.8 Å². The Morgan fingerprint density at radius 3 is 2.81 bits per heavy atom. The van der Waals surface area contributed by atoms with Crippen LogP contribution >= 0.6 is 12.2 Å². The number of nitriles is 1. The fourth-order valence-electron chi connectivity index (χ4n) is 2.39. The summed E-state index contributed by atoms with van der Waals surface area (Å²) in [7, 11) is 1.37. The first-order valence-electron chi connectivity index (χ1n) is 6.70. The van der Waals surface area contributed by atoms with Gasteiger partial charge in [-0.15, -0.1) is 0 Å². The molecule has 1 N–H and O–H groups in total. The van der Waals surface area contributed by atoms with Gasteiger partial charge in [0, 0.05) is 0 Å². The Kier molecular flexibility index (Phi) is 4.43. The Labute approximate surface area is 128 Å². The Bertz CT molecular complexity index is 767. The standard InChI is InChI=1S/C15H17N3O2S/c1-9(2)6-13(14(19)20-3)18-12-7-10(8-16)4-5-11(12)17-15(18)21/h4-5,7,9,13H,6H2,1-3H3,(H,17,21). The van der Waals surface area contributed by atoms with Gasteiger partial charge in [0.15, 0.2) is 4.77 Å². The summed E-state index contributed by atoms with van der Waals surface area (Å²) < 4.78 is 7.11. The molecule has 5 nitrogen and oxygen atoms in total. The molecule has 0 saturated carbocycles. The summed E-state index contributed by atoms with van der Waals surface area (Å²) in [5, 5.41) is 9.05. The van der Waals surface area contributed by atoms with Crippen LogP contribution in [-0.4, -0.2) is 22.6 Å². The van der Waals surface area contributed by atoms with Crippen molar-refractivity contribution < 1.29 is 9.53 Å². The molecule has 21 heavy (non-hydrogen) atoms. The molecule has 2 rings (SSSR count). The Balaban J connectivity index is 2.66. The summed E-state index contributed by atoms with van der Waals surface area (Å²) >= 11 is 5.35. The second-order valence-electron chi connectivity index (χ2n) is 5.31. The van der Waals surface area contributed by atoms with Gasteiger partial charge in [0.2, 0.25) is 0 Å². The average Bonchev–Trinajstić information content (AvgIpc) is 2.78. The molecule has 0 saturated heterocycles. The third kappa shape index (κ3) is 2.98. The van der Waals surface area contributed by atoms with E-state index < -0.39 is 6.04 Å². The number of methoxy groups -OCH3 is 1. The monoisotopic (exact) mass is 303 g/mol. The van der Waals surface area contributed by atoms with Gasteiger partial charge in [-0.05, 0) is 42.8 Å². The number of H-pyrrole nitrogens is 1. The van der Waals surface area contributed by atoms with Crippen LogP contribution in [0.1, 0.15) is 31.9 Å². The number of nitrogens with zero attached hydrogens (tertiary/aromatic N) is 2. The predicted octanol–water partition coefficient (Wildman–Crippen LogP) is 3.33. The largest absolute Gasteiger partial charge is 0.467 e. The van der Waals surface area contributed by atoms with Crippen molar-refractivity contribution in [3.63, 3.8) is 0 Å². The molecule has 0 aliphatic heterocycles. The highest BCUT2D eigenvalue weighted by Crippen LogP contribution is 2.26. The number of esters is 1. The van der Waals surface area contributed by atoms with Gasteiger partial charge in [-0.1, -0.05) is 13.8 Å². The zero-order valence-corrected chi connectivity index (χ0v) is 13.0. The molecule has 0 spiro atoms. The molecule has 0 amide bonds. The minimum Gasteiger partial charge on any atom is -0.467 e. The number of carbonyl (C=O) groups is 1. The highest BCUT2D eigenvalue weighted by molar-refractivity contribution is 7.71. The molecule has 1 atom stereocenters. The molecular formula is C15H17N3O2S. The Hall–Kier alpha value is -2.13. The highest BCUT2D eigenvalue weighted by atomic mass is 32.1. The molecule has 0 aliphatic rings. The maximum Gasteiger partial charge on any atom is 0.328 e. The van der Waals surface area contributed by atoms with Crippen LogP contribution in [-0.2, 0) is 9.53 Å². The summed E-state index contributed by atoms with van der Waals surface area (Å²) in [6.45, 7) is 4.07. The highest BCUT2D eigenvalue weighted by Gasteiger charge is 2.25. The van der Waals surface area contributed by atoms with Crippen molar-refractivity contribution in [2.45, 2.75) is 26.3 Å². The fourth-order valence-corrected chi connectivity index (χ4v) is 2.73. The van der Waals surface area contributed by atoms with Crippen LogP contribution in [0.25, 0.3) is 11.0 Å². The van der Waals surface area contributed by atoms with Crippen LogP contribution in [0.2, 0.25) is 0 Å². The summed E-state index contributed by atoms with van der Waals surface area (Å²) in [5.74, 6) is -0.0249. The van der Waals surface area contributed by atoms with E-state index in [2.05, 4.69) is 11.1 Å². The number of aromatic nitrogens is 2. The normalized spacial score (nSPS) is 12.3. The first-order chi connectivity index (χ1) is 9.97. The average molecular weight is 303 g/mol. The Morgan fingerprint density at radius 2 is 2.24 bits per heavy atom. The number of benzene rings is 1. The molecule has 6 heteroatoms. The van der Waals surface area contributed by atoms with Crippen molar-refractivity contribution in [3.05, 3.63) is 28.5 Å². The molecule has 2 aromatic rings. The van der Waals surface area contributed by atoms with E-state index in [1.165, 1.54) is 7.11 Å². The number of ether oxygens (including phenoxy) is 1. The van der Waals surface area contributed by atoms with Crippen LogP contribution in [0.5, 0.6) is 0 Å². The van der Waals surface area contributed by atoms with Gasteiger partial charge >= 0.3 is 5.97 Å². The number of hydrogen-bond donors (Lipinski definition) is 1. The van der Waals surface area contributed by atoms with E-state index in [-0.39, 0.29) is 5.97 Å². The molecule has 1 aromatic carbocycles. The van der Waals surface area contributed by atoms with E-state index in [4.69, 9.17) is 22.2 Å². The van der Waals surface area contributed by atoms with Gasteiger partial charge in [-0.25, -0.2) is 4.79 Å².